The van der Waals surface area contributed by atoms with E-state index < -0.39 is 6.04 Å². The first-order valence-electron chi connectivity index (χ1n) is 10.9. The van der Waals surface area contributed by atoms with Gasteiger partial charge in [0.15, 0.2) is 0 Å². The molecule has 0 radical (unpaired) electrons. The molecule has 1 atom stereocenters. The zero-order chi connectivity index (χ0) is 23.2. The fourth-order valence-corrected chi connectivity index (χ4v) is 3.86. The van der Waals surface area contributed by atoms with E-state index in [9.17, 15) is 9.59 Å². The third kappa shape index (κ3) is 5.35. The van der Waals surface area contributed by atoms with Crippen LogP contribution in [0.15, 0.2) is 67.0 Å². The van der Waals surface area contributed by atoms with Crippen molar-refractivity contribution in [3.05, 3.63) is 83.8 Å². The van der Waals surface area contributed by atoms with Crippen LogP contribution in [0.4, 0.5) is 0 Å². The third-order valence-corrected chi connectivity index (χ3v) is 5.66. The second-order valence-electron chi connectivity index (χ2n) is 7.93. The minimum absolute atomic E-state index is 0.114. The fraction of sp³-hybridized carbons (Fsp3) is 0.280. The molecule has 2 aromatic heterocycles. The number of rotatable bonds is 6. The van der Waals surface area contributed by atoms with Crippen LogP contribution in [0.5, 0.6) is 11.6 Å². The van der Waals surface area contributed by atoms with Crippen molar-refractivity contribution in [2.24, 2.45) is 0 Å². The van der Waals surface area contributed by atoms with Crippen molar-refractivity contribution in [1.29, 1.82) is 0 Å². The van der Waals surface area contributed by atoms with Gasteiger partial charge in [-0.15, -0.1) is 0 Å². The number of aryl methyl sites for hydroxylation is 1. The highest BCUT2D eigenvalue weighted by molar-refractivity contribution is 5.97. The third-order valence-electron chi connectivity index (χ3n) is 5.66. The number of ether oxygens (including phenoxy) is 1. The zero-order valence-electron chi connectivity index (χ0n) is 18.8. The second kappa shape index (κ2) is 10.2. The molecule has 0 saturated carbocycles. The van der Waals surface area contributed by atoms with Crippen LogP contribution in [0, 0.1) is 6.92 Å². The summed E-state index contributed by atoms with van der Waals surface area (Å²) in [4.78, 5) is 38.4. The number of carbonyl (C=O) groups is 2. The van der Waals surface area contributed by atoms with Gasteiger partial charge in [0.05, 0.1) is 6.20 Å². The summed E-state index contributed by atoms with van der Waals surface area (Å²) in [6, 6.07) is 16.6. The molecule has 3 aromatic rings. The number of hydrogen-bond acceptors (Lipinski definition) is 6. The number of nitrogens with zero attached hydrogens (tertiary/aromatic N) is 4. The van der Waals surface area contributed by atoms with Gasteiger partial charge in [-0.25, -0.2) is 4.98 Å². The number of carbonyl (C=O) groups excluding carboxylic acids is 2. The summed E-state index contributed by atoms with van der Waals surface area (Å²) in [5, 5.41) is 2.74. The summed E-state index contributed by atoms with van der Waals surface area (Å²) >= 11 is 0. The molecular formula is C25H27N5O3. The average molecular weight is 446 g/mol. The van der Waals surface area contributed by atoms with Crippen LogP contribution in [0.3, 0.4) is 0 Å². The molecule has 0 bridgehead atoms. The van der Waals surface area contributed by atoms with Crippen LogP contribution in [0.1, 0.15) is 21.6 Å². The Balaban J connectivity index is 1.52. The Labute approximate surface area is 193 Å². The average Bonchev–Trinajstić information content (AvgIpc) is 2.86. The lowest BCUT2D eigenvalue weighted by molar-refractivity contribution is -0.128. The summed E-state index contributed by atoms with van der Waals surface area (Å²) in [5.74, 6) is 0.392. The molecule has 1 saturated heterocycles. The minimum atomic E-state index is -0.449. The van der Waals surface area contributed by atoms with Gasteiger partial charge in [-0.1, -0.05) is 30.3 Å². The molecule has 2 amide bonds. The van der Waals surface area contributed by atoms with Crippen molar-refractivity contribution >= 4 is 11.8 Å². The van der Waals surface area contributed by atoms with Crippen LogP contribution in [0.2, 0.25) is 0 Å². The smallest absolute Gasteiger partial charge is 0.259 e. The van der Waals surface area contributed by atoms with Crippen LogP contribution >= 0.6 is 0 Å². The first-order chi connectivity index (χ1) is 16.0. The minimum Gasteiger partial charge on any atom is -0.437 e. The number of pyridine rings is 2. The number of nitrogens with one attached hydrogen (secondary N) is 1. The molecule has 1 N–H and O–H groups in total. The van der Waals surface area contributed by atoms with Gasteiger partial charge in [-0.05, 0) is 36.8 Å². The molecule has 1 aliphatic heterocycles. The standard InChI is InChI=1S/C25H27N5O3/c1-18-10-11-20(15-28-18)33-24-21(9-6-12-27-24)25(32)30-14-13-29(22(17-30)23(31)26-2)16-19-7-4-3-5-8-19/h3-12,15,22H,13-14,16-17H2,1-2H3,(H,26,31)/t22-/m1/s1. The molecule has 4 rings (SSSR count). The van der Waals surface area contributed by atoms with Gasteiger partial charge in [0.25, 0.3) is 5.91 Å². The maximum atomic E-state index is 13.4. The number of amides is 2. The molecule has 1 aliphatic rings. The van der Waals surface area contributed by atoms with E-state index in [0.717, 1.165) is 11.3 Å². The molecule has 170 valence electrons. The molecule has 1 fully saturated rings. The zero-order valence-corrected chi connectivity index (χ0v) is 18.8. The molecular weight excluding hydrogens is 418 g/mol. The molecule has 8 heteroatoms. The quantitative estimate of drug-likeness (QED) is 0.628. The maximum absolute atomic E-state index is 13.4. The summed E-state index contributed by atoms with van der Waals surface area (Å²) in [6.07, 6.45) is 3.18. The Hall–Kier alpha value is -3.78. The molecule has 0 unspecified atom stereocenters. The van der Waals surface area contributed by atoms with Crippen LogP contribution < -0.4 is 10.1 Å². The lowest BCUT2D eigenvalue weighted by Crippen LogP contribution is -2.59. The van der Waals surface area contributed by atoms with E-state index in [-0.39, 0.29) is 24.2 Å². The molecule has 0 spiro atoms. The van der Waals surface area contributed by atoms with Gasteiger partial charge in [0, 0.05) is 45.1 Å². The van der Waals surface area contributed by atoms with E-state index in [1.54, 1.807) is 42.5 Å². The van der Waals surface area contributed by atoms with E-state index in [1.165, 1.54) is 0 Å². The number of aromatic nitrogens is 2. The Morgan fingerprint density at radius 1 is 1.06 bits per heavy atom. The molecule has 3 heterocycles. The highest BCUT2D eigenvalue weighted by Gasteiger charge is 2.35. The number of piperazine rings is 1. The molecule has 33 heavy (non-hydrogen) atoms. The predicted molar refractivity (Wildman–Crippen MR) is 124 cm³/mol. The summed E-state index contributed by atoms with van der Waals surface area (Å²) < 4.78 is 5.86. The fourth-order valence-electron chi connectivity index (χ4n) is 3.86. The summed E-state index contributed by atoms with van der Waals surface area (Å²) in [6.45, 7) is 3.89. The van der Waals surface area contributed by atoms with Gasteiger partial charge >= 0.3 is 0 Å². The first-order valence-corrected chi connectivity index (χ1v) is 10.9. The Morgan fingerprint density at radius 3 is 2.61 bits per heavy atom. The lowest BCUT2D eigenvalue weighted by Gasteiger charge is -2.40. The Kier molecular flexibility index (Phi) is 6.95. The molecule has 8 nitrogen and oxygen atoms in total. The number of benzene rings is 1. The monoisotopic (exact) mass is 445 g/mol. The van der Waals surface area contributed by atoms with E-state index in [2.05, 4.69) is 20.2 Å². The van der Waals surface area contributed by atoms with Gasteiger partial charge < -0.3 is 15.0 Å². The van der Waals surface area contributed by atoms with Crippen molar-refractivity contribution in [1.82, 2.24) is 25.1 Å². The largest absolute Gasteiger partial charge is 0.437 e. The van der Waals surface area contributed by atoms with Crippen molar-refractivity contribution in [2.45, 2.75) is 19.5 Å². The number of likely N-dealkylation sites (N-methyl/N-ethyl adjacent to an activating group) is 1. The predicted octanol–water partition coefficient (Wildman–Crippen LogP) is 2.65. The SMILES string of the molecule is CNC(=O)[C@H]1CN(C(=O)c2cccnc2Oc2ccc(C)nc2)CCN1Cc1ccccc1. The first kappa shape index (κ1) is 22.4. The topological polar surface area (TPSA) is 87.7 Å². The highest BCUT2D eigenvalue weighted by atomic mass is 16.5. The molecule has 0 aliphatic carbocycles. The van der Waals surface area contributed by atoms with E-state index >= 15 is 0 Å². The second-order valence-corrected chi connectivity index (χ2v) is 7.93. The van der Waals surface area contributed by atoms with Crippen LogP contribution in [0.25, 0.3) is 0 Å². The Morgan fingerprint density at radius 2 is 1.88 bits per heavy atom. The van der Waals surface area contributed by atoms with Crippen LogP contribution in [-0.2, 0) is 11.3 Å². The maximum Gasteiger partial charge on any atom is 0.259 e. The lowest BCUT2D eigenvalue weighted by atomic mass is 10.1. The summed E-state index contributed by atoms with van der Waals surface area (Å²) in [5.41, 5.74) is 2.35. The van der Waals surface area contributed by atoms with Gasteiger partial charge in [-0.2, -0.15) is 0 Å². The normalized spacial score (nSPS) is 16.3. The van der Waals surface area contributed by atoms with Gasteiger partial charge in [0.2, 0.25) is 11.8 Å². The molecule has 1 aromatic carbocycles. The van der Waals surface area contributed by atoms with E-state index in [0.29, 0.717) is 30.9 Å². The summed E-state index contributed by atoms with van der Waals surface area (Å²) in [7, 11) is 1.62. The van der Waals surface area contributed by atoms with Crippen molar-refractivity contribution < 1.29 is 14.3 Å². The van der Waals surface area contributed by atoms with E-state index in [4.69, 9.17) is 4.74 Å². The Bertz CT molecular complexity index is 1100. The van der Waals surface area contributed by atoms with Gasteiger partial charge in [0.1, 0.15) is 17.4 Å². The van der Waals surface area contributed by atoms with E-state index in [1.807, 2.05) is 43.3 Å². The highest BCUT2D eigenvalue weighted by Crippen LogP contribution is 2.25. The van der Waals surface area contributed by atoms with Crippen molar-refractivity contribution in [2.75, 3.05) is 26.7 Å². The van der Waals surface area contributed by atoms with Crippen LogP contribution in [-0.4, -0.2) is 64.3 Å². The van der Waals surface area contributed by atoms with Crippen molar-refractivity contribution in [3.8, 4) is 11.6 Å². The van der Waals surface area contributed by atoms with Gasteiger partial charge in [-0.3, -0.25) is 19.5 Å². The number of hydrogen-bond donors (Lipinski definition) is 1. The van der Waals surface area contributed by atoms with Crippen molar-refractivity contribution in [3.63, 3.8) is 0 Å².